The summed E-state index contributed by atoms with van der Waals surface area (Å²) in [6.07, 6.45) is 6.56. The second kappa shape index (κ2) is 12.0. The molecule has 12 heteroatoms. The topological polar surface area (TPSA) is 137 Å². The molecule has 2 saturated heterocycles. The Morgan fingerprint density at radius 2 is 1.66 bits per heavy atom. The lowest BCUT2D eigenvalue weighted by atomic mass is 9.82. The molecule has 44 heavy (non-hydrogen) atoms. The molecule has 0 aromatic heterocycles. The average Bonchev–Trinajstić information content (AvgIpc) is 3.41. The lowest BCUT2D eigenvalue weighted by molar-refractivity contribution is -0.125. The summed E-state index contributed by atoms with van der Waals surface area (Å²) in [5.41, 5.74) is 1.22. The molecule has 1 unspecified atom stereocenters. The number of ether oxygens (including phenoxy) is 1. The number of amidine groups is 1. The number of hydrogen-bond acceptors (Lipinski definition) is 7. The van der Waals surface area contributed by atoms with Gasteiger partial charge in [-0.3, -0.25) is 14.6 Å². The number of anilines is 1. The van der Waals surface area contributed by atoms with Crippen molar-refractivity contribution in [2.24, 2.45) is 16.8 Å². The number of imide groups is 1. The molecule has 11 nitrogen and oxygen atoms in total. The molecular formula is C32H45N5O6S. The highest BCUT2D eigenvalue weighted by Crippen LogP contribution is 2.36. The third-order valence-electron chi connectivity index (χ3n) is 9.26. The normalized spacial score (nSPS) is 26.4. The molecule has 1 aliphatic carbocycles. The van der Waals surface area contributed by atoms with Gasteiger partial charge < -0.3 is 15.4 Å². The van der Waals surface area contributed by atoms with Crippen LogP contribution in [0, 0.1) is 25.7 Å². The van der Waals surface area contributed by atoms with Crippen molar-refractivity contribution in [2.45, 2.75) is 97.2 Å². The van der Waals surface area contributed by atoms with Crippen molar-refractivity contribution >= 4 is 45.5 Å². The summed E-state index contributed by atoms with van der Waals surface area (Å²) < 4.78 is 33.8. The van der Waals surface area contributed by atoms with Crippen LogP contribution in [0.1, 0.15) is 82.9 Å². The van der Waals surface area contributed by atoms with Crippen molar-refractivity contribution in [3.8, 4) is 0 Å². The Morgan fingerprint density at radius 1 is 1.05 bits per heavy atom. The number of carbonyl (C=O) groups excluding carboxylic acids is 3. The van der Waals surface area contributed by atoms with Crippen LogP contribution in [0.5, 0.6) is 0 Å². The monoisotopic (exact) mass is 627 g/mol. The van der Waals surface area contributed by atoms with E-state index >= 15 is 0 Å². The standard InChI is InChI=1S/C32H45N5O6S/c1-20-7-9-23(10-8-20)27-34-29(39)32(35-27)12-14-36(15-13-32)44(41,42)16-11-25-21(2)17-24(18-22(25)3)37-28(38)26(33-30(37)40)19-43-31(4,5)6/h11,16-18,20,23,26H,7-10,12-15,19H2,1-6H3,(H,33,40)(H,34,35,39)/b16-11+/t20-,23-,26?. The van der Waals surface area contributed by atoms with Gasteiger partial charge in [0, 0.05) is 24.4 Å². The van der Waals surface area contributed by atoms with Gasteiger partial charge in [-0.2, -0.15) is 4.31 Å². The number of nitrogens with one attached hydrogen (secondary N) is 2. The first-order valence-electron chi connectivity index (χ1n) is 15.6. The van der Waals surface area contributed by atoms with Gasteiger partial charge in [-0.1, -0.05) is 19.8 Å². The van der Waals surface area contributed by atoms with E-state index < -0.39 is 39.1 Å². The number of aryl methyl sites for hydroxylation is 2. The summed E-state index contributed by atoms with van der Waals surface area (Å²) in [4.78, 5) is 44.7. The highest BCUT2D eigenvalue weighted by molar-refractivity contribution is 7.92. The van der Waals surface area contributed by atoms with Gasteiger partial charge in [0.1, 0.15) is 17.4 Å². The van der Waals surface area contributed by atoms with Crippen LogP contribution in [-0.4, -0.2) is 73.3 Å². The summed E-state index contributed by atoms with van der Waals surface area (Å²) in [5, 5.41) is 6.91. The first-order valence-corrected chi connectivity index (χ1v) is 17.1. The van der Waals surface area contributed by atoms with Gasteiger partial charge >= 0.3 is 6.03 Å². The number of urea groups is 1. The maximum absolute atomic E-state index is 13.3. The van der Waals surface area contributed by atoms with Gasteiger partial charge in [-0.15, -0.1) is 0 Å². The summed E-state index contributed by atoms with van der Waals surface area (Å²) >= 11 is 0. The number of carbonyl (C=O) groups is 3. The third-order valence-corrected chi connectivity index (χ3v) is 10.8. The number of benzene rings is 1. The molecule has 5 rings (SSSR count). The van der Waals surface area contributed by atoms with Crippen molar-refractivity contribution in [3.63, 3.8) is 0 Å². The van der Waals surface area contributed by atoms with Crippen LogP contribution < -0.4 is 15.5 Å². The minimum atomic E-state index is -3.76. The highest BCUT2D eigenvalue weighted by Gasteiger charge is 2.48. The van der Waals surface area contributed by atoms with Crippen molar-refractivity contribution < 1.29 is 27.5 Å². The van der Waals surface area contributed by atoms with E-state index in [0.717, 1.165) is 47.5 Å². The van der Waals surface area contributed by atoms with Crippen molar-refractivity contribution in [1.82, 2.24) is 14.9 Å². The van der Waals surface area contributed by atoms with E-state index in [1.165, 1.54) is 9.71 Å². The van der Waals surface area contributed by atoms with Crippen LogP contribution in [0.3, 0.4) is 0 Å². The molecule has 4 aliphatic rings. The highest BCUT2D eigenvalue weighted by atomic mass is 32.2. The first-order chi connectivity index (χ1) is 20.6. The lowest BCUT2D eigenvalue weighted by Crippen LogP contribution is -2.50. The molecule has 1 saturated carbocycles. The second-order valence-electron chi connectivity index (χ2n) is 13.8. The van der Waals surface area contributed by atoms with Crippen molar-refractivity contribution in [2.75, 3.05) is 24.6 Å². The number of nitrogens with zero attached hydrogens (tertiary/aromatic N) is 3. The van der Waals surface area contributed by atoms with Crippen LogP contribution in [-0.2, 0) is 24.3 Å². The zero-order valence-electron chi connectivity index (χ0n) is 26.6. The van der Waals surface area contributed by atoms with Gasteiger partial charge in [0.05, 0.1) is 17.9 Å². The van der Waals surface area contributed by atoms with Gasteiger partial charge in [-0.25, -0.2) is 18.1 Å². The summed E-state index contributed by atoms with van der Waals surface area (Å²) in [7, 11) is -3.76. The summed E-state index contributed by atoms with van der Waals surface area (Å²) in [5.74, 6) is 1.26. The van der Waals surface area contributed by atoms with Gasteiger partial charge in [0.2, 0.25) is 10.0 Å². The van der Waals surface area contributed by atoms with Crippen LogP contribution in [0.4, 0.5) is 10.5 Å². The van der Waals surface area contributed by atoms with E-state index in [4.69, 9.17) is 9.73 Å². The second-order valence-corrected chi connectivity index (χ2v) is 15.6. The maximum Gasteiger partial charge on any atom is 0.329 e. The molecule has 3 aliphatic heterocycles. The zero-order valence-corrected chi connectivity index (χ0v) is 27.4. The Kier molecular flexibility index (Phi) is 8.82. The molecular weight excluding hydrogens is 582 g/mol. The molecule has 1 aromatic rings. The first kappa shape index (κ1) is 32.3. The minimum absolute atomic E-state index is 0.0664. The molecule has 1 aromatic carbocycles. The number of hydrogen-bond donors (Lipinski definition) is 2. The fourth-order valence-corrected chi connectivity index (χ4v) is 7.70. The number of amides is 4. The molecule has 4 amide bonds. The number of rotatable bonds is 7. The summed E-state index contributed by atoms with van der Waals surface area (Å²) in [6, 6.07) is 2.11. The van der Waals surface area contributed by atoms with E-state index in [-0.39, 0.29) is 31.5 Å². The van der Waals surface area contributed by atoms with Gasteiger partial charge in [-0.05, 0) is 101 Å². The van der Waals surface area contributed by atoms with Crippen LogP contribution in [0.2, 0.25) is 0 Å². The van der Waals surface area contributed by atoms with Gasteiger partial charge in [0.15, 0.2) is 0 Å². The predicted molar refractivity (Wildman–Crippen MR) is 170 cm³/mol. The van der Waals surface area contributed by atoms with Crippen LogP contribution >= 0.6 is 0 Å². The Labute approximate surface area is 260 Å². The van der Waals surface area contributed by atoms with E-state index in [1.54, 1.807) is 18.2 Å². The van der Waals surface area contributed by atoms with Crippen molar-refractivity contribution in [3.05, 3.63) is 34.2 Å². The smallest absolute Gasteiger partial charge is 0.329 e. The van der Waals surface area contributed by atoms with E-state index in [1.807, 2.05) is 34.6 Å². The fraction of sp³-hybridized carbons (Fsp3) is 0.625. The van der Waals surface area contributed by atoms with Crippen LogP contribution in [0.15, 0.2) is 22.5 Å². The zero-order chi connectivity index (χ0) is 32.0. The molecule has 3 heterocycles. The van der Waals surface area contributed by atoms with Gasteiger partial charge in [0.25, 0.3) is 11.8 Å². The predicted octanol–water partition coefficient (Wildman–Crippen LogP) is 4.03. The molecule has 2 N–H and O–H groups in total. The number of aliphatic imine (C=N–C) groups is 1. The van der Waals surface area contributed by atoms with E-state index in [2.05, 4.69) is 17.6 Å². The maximum atomic E-state index is 13.3. The van der Waals surface area contributed by atoms with E-state index in [9.17, 15) is 22.8 Å². The largest absolute Gasteiger partial charge is 0.373 e. The number of piperidine rings is 1. The molecule has 0 radical (unpaired) electrons. The van der Waals surface area contributed by atoms with Crippen LogP contribution in [0.25, 0.3) is 6.08 Å². The summed E-state index contributed by atoms with van der Waals surface area (Å²) in [6.45, 7) is 12.0. The fourth-order valence-electron chi connectivity index (χ4n) is 6.52. The lowest BCUT2D eigenvalue weighted by Gasteiger charge is -2.34. The number of sulfonamides is 1. The Bertz CT molecular complexity index is 1470. The minimum Gasteiger partial charge on any atom is -0.373 e. The Balaban J connectivity index is 1.24. The molecule has 240 valence electrons. The quantitative estimate of drug-likeness (QED) is 0.438. The third kappa shape index (κ3) is 6.62. The SMILES string of the molecule is Cc1cc(N2C(=O)NC(COC(C)(C)C)C2=O)cc(C)c1/C=C/S(=O)(=O)N1CCC2(CC1)N=C([C@H]1CC[C@H](C)CC1)NC2=O. The van der Waals surface area contributed by atoms with Crippen molar-refractivity contribution in [1.29, 1.82) is 0 Å². The Hall–Kier alpha value is -3.09. The Morgan fingerprint density at radius 3 is 2.25 bits per heavy atom. The molecule has 1 spiro atoms. The van der Waals surface area contributed by atoms with E-state index in [0.29, 0.717) is 30.0 Å². The molecule has 1 atom stereocenters. The molecule has 3 fully saturated rings. The average molecular weight is 628 g/mol. The molecule has 0 bridgehead atoms.